The van der Waals surface area contributed by atoms with Crippen molar-refractivity contribution in [3.63, 3.8) is 0 Å². The summed E-state index contributed by atoms with van der Waals surface area (Å²) in [5.74, 6) is -0.997. The Labute approximate surface area is 159 Å². The lowest BCUT2D eigenvalue weighted by Crippen LogP contribution is -2.46. The van der Waals surface area contributed by atoms with Gasteiger partial charge in [0.05, 0.1) is 5.56 Å². The number of hydrogen-bond donors (Lipinski definition) is 4. The lowest BCUT2D eigenvalue weighted by atomic mass is 10.2. The average molecular weight is 389 g/mol. The topological polar surface area (TPSA) is 102 Å². The molecule has 9 heteroatoms. The number of phenolic OH excluding ortho intramolecular Hbond substituents is 2. The number of hydrogen-bond acceptors (Lipinski definition) is 7. The summed E-state index contributed by atoms with van der Waals surface area (Å²) in [5.41, 5.74) is 3.24. The summed E-state index contributed by atoms with van der Waals surface area (Å²) >= 11 is 6.34. The Balaban J connectivity index is 1.62. The molecule has 0 spiro atoms. The monoisotopic (exact) mass is 389 g/mol. The SMILES string of the molecule is O=C(NN1C(=O)C(CNc2ccc(O)cc2)SC1=S)c1ccccc1O. The van der Waals surface area contributed by atoms with Crippen LogP contribution < -0.4 is 10.7 Å². The first-order valence-electron chi connectivity index (χ1n) is 7.62. The number of carbonyl (C=O) groups is 2. The minimum absolute atomic E-state index is 0.0544. The first-order chi connectivity index (χ1) is 12.5. The van der Waals surface area contributed by atoms with E-state index in [0.717, 1.165) is 22.5 Å². The third-order valence-corrected chi connectivity index (χ3v) is 5.15. The van der Waals surface area contributed by atoms with E-state index in [9.17, 15) is 19.8 Å². The van der Waals surface area contributed by atoms with Gasteiger partial charge in [-0.25, -0.2) is 5.01 Å². The summed E-state index contributed by atoms with van der Waals surface area (Å²) in [4.78, 5) is 24.8. The molecule has 1 saturated heterocycles. The number of hydrazine groups is 1. The minimum atomic E-state index is -0.619. The summed E-state index contributed by atoms with van der Waals surface area (Å²) in [5, 5.41) is 22.6. The average Bonchev–Trinajstić information content (AvgIpc) is 2.89. The number of thiocarbonyl (C=S) groups is 1. The largest absolute Gasteiger partial charge is 0.508 e. The van der Waals surface area contributed by atoms with E-state index in [4.69, 9.17) is 12.2 Å². The summed E-state index contributed by atoms with van der Waals surface area (Å²) in [7, 11) is 0. The van der Waals surface area contributed by atoms with Gasteiger partial charge in [0.15, 0.2) is 4.32 Å². The van der Waals surface area contributed by atoms with Gasteiger partial charge in [-0.15, -0.1) is 0 Å². The number of nitrogens with one attached hydrogen (secondary N) is 2. The molecule has 0 radical (unpaired) electrons. The van der Waals surface area contributed by atoms with Crippen LogP contribution in [0.2, 0.25) is 0 Å². The second-order valence-electron chi connectivity index (χ2n) is 5.43. The highest BCUT2D eigenvalue weighted by Crippen LogP contribution is 2.27. The molecule has 26 heavy (non-hydrogen) atoms. The van der Waals surface area contributed by atoms with Gasteiger partial charge in [-0.3, -0.25) is 15.0 Å². The lowest BCUT2D eigenvalue weighted by molar-refractivity contribution is -0.127. The highest BCUT2D eigenvalue weighted by molar-refractivity contribution is 8.24. The second kappa shape index (κ2) is 7.63. The van der Waals surface area contributed by atoms with Crippen molar-refractivity contribution in [2.24, 2.45) is 0 Å². The van der Waals surface area contributed by atoms with Crippen LogP contribution in [0.5, 0.6) is 11.5 Å². The predicted molar refractivity (Wildman–Crippen MR) is 103 cm³/mol. The molecule has 3 rings (SSSR count). The Hall–Kier alpha value is -2.78. The van der Waals surface area contributed by atoms with Gasteiger partial charge in [0, 0.05) is 12.2 Å². The standard InChI is InChI=1S/C17H15N3O4S2/c21-11-7-5-10(6-8-11)18-9-14-16(24)20(17(25)26-14)19-15(23)12-3-1-2-4-13(12)22/h1-8,14,18,21-22H,9H2,(H,19,23). The van der Waals surface area contributed by atoms with E-state index in [1.54, 1.807) is 24.3 Å². The maximum Gasteiger partial charge on any atom is 0.273 e. The van der Waals surface area contributed by atoms with Gasteiger partial charge in [-0.05, 0) is 36.4 Å². The molecule has 7 nitrogen and oxygen atoms in total. The van der Waals surface area contributed by atoms with E-state index in [2.05, 4.69) is 10.7 Å². The van der Waals surface area contributed by atoms with Crippen molar-refractivity contribution in [2.75, 3.05) is 11.9 Å². The number of nitrogens with zero attached hydrogens (tertiary/aromatic N) is 1. The van der Waals surface area contributed by atoms with Crippen LogP contribution >= 0.6 is 24.0 Å². The molecule has 1 aliphatic rings. The van der Waals surface area contributed by atoms with Gasteiger partial charge >= 0.3 is 0 Å². The van der Waals surface area contributed by atoms with Crippen molar-refractivity contribution in [3.8, 4) is 11.5 Å². The highest BCUT2D eigenvalue weighted by atomic mass is 32.2. The highest BCUT2D eigenvalue weighted by Gasteiger charge is 2.38. The maximum absolute atomic E-state index is 12.5. The van der Waals surface area contributed by atoms with Crippen molar-refractivity contribution in [1.29, 1.82) is 0 Å². The van der Waals surface area contributed by atoms with Gasteiger partial charge < -0.3 is 15.5 Å². The van der Waals surface area contributed by atoms with Gasteiger partial charge in [0.1, 0.15) is 16.7 Å². The van der Waals surface area contributed by atoms with Crippen molar-refractivity contribution in [1.82, 2.24) is 10.4 Å². The number of benzene rings is 2. The van der Waals surface area contributed by atoms with Crippen LogP contribution in [0.25, 0.3) is 0 Å². The number of carbonyl (C=O) groups excluding carboxylic acids is 2. The molecule has 2 aromatic carbocycles. The van der Waals surface area contributed by atoms with Crippen LogP contribution in [-0.4, -0.2) is 43.2 Å². The smallest absolute Gasteiger partial charge is 0.273 e. The molecule has 0 aliphatic carbocycles. The van der Waals surface area contributed by atoms with Crippen LogP contribution in [0.3, 0.4) is 0 Å². The summed E-state index contributed by atoms with van der Waals surface area (Å²) in [6.45, 7) is 0.303. The van der Waals surface area contributed by atoms with Crippen molar-refractivity contribution in [3.05, 3.63) is 54.1 Å². The molecule has 1 atom stereocenters. The Kier molecular flexibility index (Phi) is 5.29. The zero-order valence-electron chi connectivity index (χ0n) is 13.4. The fraction of sp³-hybridized carbons (Fsp3) is 0.118. The summed E-state index contributed by atoms with van der Waals surface area (Å²) in [6, 6.07) is 12.5. The van der Waals surface area contributed by atoms with Crippen molar-refractivity contribution < 1.29 is 19.8 Å². The zero-order chi connectivity index (χ0) is 18.7. The van der Waals surface area contributed by atoms with E-state index >= 15 is 0 Å². The molecule has 1 unspecified atom stereocenters. The van der Waals surface area contributed by atoms with Gasteiger partial charge in [0.25, 0.3) is 11.8 Å². The molecule has 1 fully saturated rings. The first-order valence-corrected chi connectivity index (χ1v) is 8.91. The molecule has 0 aromatic heterocycles. The van der Waals surface area contributed by atoms with Gasteiger partial charge in [-0.2, -0.15) is 0 Å². The number of phenols is 2. The van der Waals surface area contributed by atoms with Crippen LogP contribution in [0, 0.1) is 0 Å². The zero-order valence-corrected chi connectivity index (χ0v) is 15.0. The lowest BCUT2D eigenvalue weighted by Gasteiger charge is -2.17. The number of amides is 2. The molecule has 2 amide bonds. The summed E-state index contributed by atoms with van der Waals surface area (Å²) in [6.07, 6.45) is 0. The second-order valence-corrected chi connectivity index (χ2v) is 7.27. The fourth-order valence-electron chi connectivity index (χ4n) is 2.31. The Morgan fingerprint density at radius 1 is 1.15 bits per heavy atom. The van der Waals surface area contributed by atoms with Crippen molar-refractivity contribution in [2.45, 2.75) is 5.25 Å². The quantitative estimate of drug-likeness (QED) is 0.459. The molecule has 0 bridgehead atoms. The van der Waals surface area contributed by atoms with E-state index in [1.807, 2.05) is 0 Å². The minimum Gasteiger partial charge on any atom is -0.508 e. The molecule has 0 saturated carbocycles. The molecule has 1 heterocycles. The predicted octanol–water partition coefficient (Wildman–Crippen LogP) is 2.08. The Morgan fingerprint density at radius 3 is 2.54 bits per heavy atom. The molecular weight excluding hydrogens is 374 g/mol. The molecule has 4 N–H and O–H groups in total. The third kappa shape index (κ3) is 3.89. The van der Waals surface area contributed by atoms with Gasteiger partial charge in [-0.1, -0.05) is 36.1 Å². The Bertz CT molecular complexity index is 857. The van der Waals surface area contributed by atoms with E-state index in [-0.39, 0.29) is 27.3 Å². The van der Waals surface area contributed by atoms with Crippen LogP contribution in [-0.2, 0) is 4.79 Å². The number of para-hydroxylation sites is 1. The molecule has 2 aromatic rings. The normalized spacial score (nSPS) is 16.6. The Morgan fingerprint density at radius 2 is 1.85 bits per heavy atom. The van der Waals surface area contributed by atoms with E-state index in [0.29, 0.717) is 6.54 Å². The summed E-state index contributed by atoms with van der Waals surface area (Å²) < 4.78 is 0.233. The van der Waals surface area contributed by atoms with Crippen molar-refractivity contribution >= 4 is 45.8 Å². The van der Waals surface area contributed by atoms with E-state index in [1.165, 1.54) is 24.3 Å². The number of thioether (sulfide) groups is 1. The number of anilines is 1. The third-order valence-electron chi connectivity index (χ3n) is 3.64. The van der Waals surface area contributed by atoms with Crippen LogP contribution in [0.4, 0.5) is 5.69 Å². The molecular formula is C17H15N3O4S2. The number of rotatable bonds is 5. The molecule has 1 aliphatic heterocycles. The van der Waals surface area contributed by atoms with Crippen LogP contribution in [0.1, 0.15) is 10.4 Å². The number of aromatic hydroxyl groups is 2. The fourth-order valence-corrected chi connectivity index (χ4v) is 3.65. The van der Waals surface area contributed by atoms with Crippen LogP contribution in [0.15, 0.2) is 48.5 Å². The molecule has 134 valence electrons. The maximum atomic E-state index is 12.5. The first kappa shape index (κ1) is 18.0. The van der Waals surface area contributed by atoms with E-state index < -0.39 is 11.2 Å². The van der Waals surface area contributed by atoms with Gasteiger partial charge in [0.2, 0.25) is 0 Å².